The van der Waals surface area contributed by atoms with Crippen LogP contribution >= 0.6 is 11.3 Å². The van der Waals surface area contributed by atoms with Gasteiger partial charge in [-0.05, 0) is 20.0 Å². The standard InChI is InChI=1S/C12H18N4O2S2/c1-9-15-11(8-19-9)7-16(3)20(17,18)12-4-10(5-13-2)14-6-12/h4,6,8,13-14H,5,7H2,1-3H3. The molecule has 2 N–H and O–H groups in total. The summed E-state index contributed by atoms with van der Waals surface area (Å²) >= 11 is 1.52. The highest BCUT2D eigenvalue weighted by Crippen LogP contribution is 2.18. The number of thiazole rings is 1. The molecule has 0 fully saturated rings. The van der Waals surface area contributed by atoms with Crippen molar-refractivity contribution in [2.45, 2.75) is 24.9 Å². The Balaban J connectivity index is 2.15. The normalized spacial score (nSPS) is 12.2. The molecule has 2 aromatic heterocycles. The number of hydrogen-bond donors (Lipinski definition) is 2. The number of nitrogens with zero attached hydrogens (tertiary/aromatic N) is 2. The van der Waals surface area contributed by atoms with E-state index in [0.29, 0.717) is 6.54 Å². The van der Waals surface area contributed by atoms with Gasteiger partial charge in [0.1, 0.15) is 0 Å². The first kappa shape index (κ1) is 15.2. The summed E-state index contributed by atoms with van der Waals surface area (Å²) in [5.41, 5.74) is 1.61. The molecule has 2 rings (SSSR count). The molecule has 0 aliphatic heterocycles. The number of aromatic amines is 1. The average molecular weight is 314 g/mol. The van der Waals surface area contributed by atoms with Crippen LogP contribution in [0.4, 0.5) is 0 Å². The number of aryl methyl sites for hydroxylation is 1. The minimum absolute atomic E-state index is 0.275. The molecule has 0 aromatic carbocycles. The Morgan fingerprint density at radius 2 is 2.25 bits per heavy atom. The number of hydrogen-bond acceptors (Lipinski definition) is 5. The van der Waals surface area contributed by atoms with Crippen LogP contribution in [0.15, 0.2) is 22.5 Å². The van der Waals surface area contributed by atoms with Crippen LogP contribution < -0.4 is 5.32 Å². The maximum Gasteiger partial charge on any atom is 0.244 e. The van der Waals surface area contributed by atoms with E-state index in [0.717, 1.165) is 16.4 Å². The summed E-state index contributed by atoms with van der Waals surface area (Å²) in [7, 11) is -0.111. The fourth-order valence-corrected chi connectivity index (χ4v) is 3.60. The van der Waals surface area contributed by atoms with Crippen molar-refractivity contribution in [1.29, 1.82) is 0 Å². The lowest BCUT2D eigenvalue weighted by molar-refractivity contribution is 0.463. The highest BCUT2D eigenvalue weighted by molar-refractivity contribution is 7.89. The Labute approximate surface area is 122 Å². The number of H-pyrrole nitrogens is 1. The van der Waals surface area contributed by atoms with E-state index in [4.69, 9.17) is 0 Å². The molecular formula is C12H18N4O2S2. The van der Waals surface area contributed by atoms with Gasteiger partial charge >= 0.3 is 0 Å². The number of aromatic nitrogens is 2. The molecule has 0 radical (unpaired) electrons. The largest absolute Gasteiger partial charge is 0.363 e. The Kier molecular flexibility index (Phi) is 4.59. The molecule has 2 aromatic rings. The zero-order valence-electron chi connectivity index (χ0n) is 11.7. The van der Waals surface area contributed by atoms with E-state index in [1.165, 1.54) is 21.8 Å². The molecule has 6 nitrogen and oxygen atoms in total. The fourth-order valence-electron chi connectivity index (χ4n) is 1.83. The zero-order valence-corrected chi connectivity index (χ0v) is 13.3. The Bertz CT molecular complexity index is 675. The summed E-state index contributed by atoms with van der Waals surface area (Å²) in [6.45, 7) is 2.78. The van der Waals surface area contributed by atoms with Crippen molar-refractivity contribution in [3.63, 3.8) is 0 Å². The molecular weight excluding hydrogens is 296 g/mol. The van der Waals surface area contributed by atoms with Crippen molar-refractivity contribution >= 4 is 21.4 Å². The van der Waals surface area contributed by atoms with Crippen LogP contribution in [0.2, 0.25) is 0 Å². The first-order chi connectivity index (χ1) is 9.43. The van der Waals surface area contributed by atoms with E-state index in [9.17, 15) is 8.42 Å². The SMILES string of the molecule is CNCc1cc(S(=O)(=O)N(C)Cc2csc(C)n2)c[nH]1. The number of sulfonamides is 1. The average Bonchev–Trinajstić information content (AvgIpc) is 2.99. The second kappa shape index (κ2) is 6.04. The Morgan fingerprint density at radius 3 is 2.85 bits per heavy atom. The van der Waals surface area contributed by atoms with Gasteiger partial charge in [0.15, 0.2) is 0 Å². The van der Waals surface area contributed by atoms with Crippen LogP contribution in [0.3, 0.4) is 0 Å². The molecule has 0 bridgehead atoms. The lowest BCUT2D eigenvalue weighted by atomic mass is 10.4. The minimum atomic E-state index is -3.49. The van der Waals surface area contributed by atoms with Crippen LogP contribution in [-0.2, 0) is 23.1 Å². The predicted octanol–water partition coefficient (Wildman–Crippen LogP) is 1.32. The van der Waals surface area contributed by atoms with Gasteiger partial charge in [-0.2, -0.15) is 4.31 Å². The van der Waals surface area contributed by atoms with Crippen molar-refractivity contribution in [2.75, 3.05) is 14.1 Å². The molecule has 110 valence electrons. The van der Waals surface area contributed by atoms with Crippen LogP contribution in [0, 0.1) is 6.92 Å². The van der Waals surface area contributed by atoms with Crippen molar-refractivity contribution < 1.29 is 8.42 Å². The summed E-state index contributed by atoms with van der Waals surface area (Å²) in [6.07, 6.45) is 1.52. The fraction of sp³-hybridized carbons (Fsp3) is 0.417. The van der Waals surface area contributed by atoms with Crippen LogP contribution in [0.5, 0.6) is 0 Å². The van der Waals surface area contributed by atoms with Crippen LogP contribution in [0.25, 0.3) is 0 Å². The van der Waals surface area contributed by atoms with Gasteiger partial charge in [-0.1, -0.05) is 0 Å². The molecule has 0 unspecified atom stereocenters. The van der Waals surface area contributed by atoms with Gasteiger partial charge in [-0.3, -0.25) is 0 Å². The third-order valence-corrected chi connectivity index (χ3v) is 5.45. The maximum atomic E-state index is 12.4. The topological polar surface area (TPSA) is 78.1 Å². The van der Waals surface area contributed by atoms with E-state index >= 15 is 0 Å². The smallest absolute Gasteiger partial charge is 0.244 e. The lowest BCUT2D eigenvalue weighted by Gasteiger charge is -2.14. The minimum Gasteiger partial charge on any atom is -0.363 e. The molecule has 0 aliphatic rings. The maximum absolute atomic E-state index is 12.4. The second-order valence-corrected chi connectivity index (χ2v) is 7.62. The monoisotopic (exact) mass is 314 g/mol. The van der Waals surface area contributed by atoms with Gasteiger partial charge in [0.2, 0.25) is 10.0 Å². The van der Waals surface area contributed by atoms with Gasteiger partial charge in [-0.25, -0.2) is 13.4 Å². The van der Waals surface area contributed by atoms with E-state index in [1.807, 2.05) is 19.4 Å². The van der Waals surface area contributed by atoms with Gasteiger partial charge in [0, 0.05) is 30.9 Å². The van der Waals surface area contributed by atoms with Gasteiger partial charge in [0.25, 0.3) is 0 Å². The Hall–Kier alpha value is -1.22. The highest BCUT2D eigenvalue weighted by Gasteiger charge is 2.22. The lowest BCUT2D eigenvalue weighted by Crippen LogP contribution is -2.26. The molecule has 0 atom stereocenters. The quantitative estimate of drug-likeness (QED) is 0.843. The van der Waals surface area contributed by atoms with E-state index in [-0.39, 0.29) is 11.4 Å². The molecule has 20 heavy (non-hydrogen) atoms. The number of nitrogens with one attached hydrogen (secondary N) is 2. The highest BCUT2D eigenvalue weighted by atomic mass is 32.2. The molecule has 2 heterocycles. The summed E-state index contributed by atoms with van der Waals surface area (Å²) in [5, 5.41) is 5.79. The van der Waals surface area contributed by atoms with Crippen molar-refractivity contribution in [3.8, 4) is 0 Å². The van der Waals surface area contributed by atoms with Crippen molar-refractivity contribution in [2.24, 2.45) is 0 Å². The zero-order chi connectivity index (χ0) is 14.8. The second-order valence-electron chi connectivity index (χ2n) is 4.51. The van der Waals surface area contributed by atoms with E-state index in [1.54, 1.807) is 13.1 Å². The molecule has 0 aliphatic carbocycles. The van der Waals surface area contributed by atoms with Crippen LogP contribution in [-0.4, -0.2) is 36.8 Å². The van der Waals surface area contributed by atoms with E-state index < -0.39 is 10.0 Å². The molecule has 0 saturated carbocycles. The summed E-state index contributed by atoms with van der Waals surface area (Å²) in [5.74, 6) is 0. The van der Waals surface area contributed by atoms with Crippen molar-refractivity contribution in [3.05, 3.63) is 34.0 Å². The summed E-state index contributed by atoms with van der Waals surface area (Å²) in [4.78, 5) is 7.52. The first-order valence-corrected chi connectivity index (χ1v) is 8.44. The van der Waals surface area contributed by atoms with E-state index in [2.05, 4.69) is 15.3 Å². The predicted molar refractivity (Wildman–Crippen MR) is 79.1 cm³/mol. The molecule has 0 amide bonds. The third-order valence-electron chi connectivity index (χ3n) is 2.84. The van der Waals surface area contributed by atoms with Gasteiger partial charge in [-0.15, -0.1) is 11.3 Å². The molecule has 0 saturated heterocycles. The van der Waals surface area contributed by atoms with Crippen LogP contribution in [0.1, 0.15) is 16.4 Å². The number of rotatable bonds is 6. The first-order valence-electron chi connectivity index (χ1n) is 6.12. The molecule has 0 spiro atoms. The third kappa shape index (κ3) is 3.26. The summed E-state index contributed by atoms with van der Waals surface area (Å²) in [6, 6.07) is 1.65. The Morgan fingerprint density at radius 1 is 1.50 bits per heavy atom. The van der Waals surface area contributed by atoms with Crippen molar-refractivity contribution in [1.82, 2.24) is 19.6 Å². The van der Waals surface area contributed by atoms with Gasteiger partial charge < -0.3 is 10.3 Å². The molecule has 8 heteroatoms. The summed E-state index contributed by atoms with van der Waals surface area (Å²) < 4.78 is 26.2. The van der Waals surface area contributed by atoms with Gasteiger partial charge in [0.05, 0.1) is 22.1 Å².